The first-order valence-corrected chi connectivity index (χ1v) is 5.89. The normalized spacial score (nSPS) is 19.0. The predicted molar refractivity (Wildman–Crippen MR) is 62.1 cm³/mol. The average molecular weight is 229 g/mol. The van der Waals surface area contributed by atoms with E-state index in [4.69, 9.17) is 15.2 Å². The molecule has 0 heterocycles. The average Bonchev–Trinajstić information content (AvgIpc) is 2.08. The molecular formula is C12H23NO3. The van der Waals surface area contributed by atoms with Gasteiger partial charge in [-0.15, -0.1) is 0 Å². The molecule has 0 spiro atoms. The smallest absolute Gasteiger partial charge is 0.307 e. The molecule has 4 nitrogen and oxygen atoms in total. The van der Waals surface area contributed by atoms with Gasteiger partial charge in [-0.05, 0) is 40.0 Å². The third-order valence-corrected chi connectivity index (χ3v) is 2.73. The van der Waals surface area contributed by atoms with Gasteiger partial charge >= 0.3 is 5.97 Å². The van der Waals surface area contributed by atoms with E-state index in [0.29, 0.717) is 19.6 Å². The zero-order valence-corrected chi connectivity index (χ0v) is 10.5. The molecule has 0 saturated heterocycles. The number of esters is 1. The van der Waals surface area contributed by atoms with E-state index in [2.05, 4.69) is 0 Å². The summed E-state index contributed by atoms with van der Waals surface area (Å²) in [4.78, 5) is 11.4. The molecule has 16 heavy (non-hydrogen) atoms. The van der Waals surface area contributed by atoms with Gasteiger partial charge in [-0.3, -0.25) is 4.79 Å². The molecule has 2 N–H and O–H groups in total. The molecule has 0 amide bonds. The number of carbonyl (C=O) groups is 1. The standard InChI is InChI=1S/C12H23NO3/c1-11(2,3)16-8-7-15-10(14)9-12(13)5-4-6-12/h4-9,13H2,1-3H3. The lowest BCUT2D eigenvalue weighted by Gasteiger charge is -2.37. The van der Waals surface area contributed by atoms with Crippen LogP contribution in [0.4, 0.5) is 0 Å². The van der Waals surface area contributed by atoms with Gasteiger partial charge in [0.2, 0.25) is 0 Å². The van der Waals surface area contributed by atoms with E-state index >= 15 is 0 Å². The van der Waals surface area contributed by atoms with Gasteiger partial charge in [0.1, 0.15) is 6.61 Å². The van der Waals surface area contributed by atoms with Crippen molar-refractivity contribution in [1.29, 1.82) is 0 Å². The van der Waals surface area contributed by atoms with Crippen molar-refractivity contribution in [3.05, 3.63) is 0 Å². The second-order valence-electron chi connectivity index (χ2n) is 5.57. The van der Waals surface area contributed by atoms with Crippen molar-refractivity contribution in [2.75, 3.05) is 13.2 Å². The molecule has 4 heteroatoms. The van der Waals surface area contributed by atoms with Gasteiger partial charge in [-0.2, -0.15) is 0 Å². The van der Waals surface area contributed by atoms with Crippen LogP contribution in [-0.4, -0.2) is 30.3 Å². The van der Waals surface area contributed by atoms with Crippen molar-refractivity contribution >= 4 is 5.97 Å². The Morgan fingerprint density at radius 3 is 2.38 bits per heavy atom. The van der Waals surface area contributed by atoms with Crippen LogP contribution in [0.25, 0.3) is 0 Å². The third kappa shape index (κ3) is 4.94. The Bertz CT molecular complexity index is 241. The van der Waals surface area contributed by atoms with Crippen molar-refractivity contribution in [2.45, 2.75) is 57.6 Å². The second-order valence-corrected chi connectivity index (χ2v) is 5.57. The Balaban J connectivity index is 2.07. The highest BCUT2D eigenvalue weighted by Gasteiger charge is 2.35. The molecule has 1 aliphatic rings. The number of ether oxygens (including phenoxy) is 2. The largest absolute Gasteiger partial charge is 0.463 e. The maximum Gasteiger partial charge on any atom is 0.307 e. The SMILES string of the molecule is CC(C)(C)OCCOC(=O)CC1(N)CCC1. The lowest BCUT2D eigenvalue weighted by molar-refractivity contribution is -0.149. The van der Waals surface area contributed by atoms with Crippen molar-refractivity contribution < 1.29 is 14.3 Å². The molecule has 1 rings (SSSR count). The molecular weight excluding hydrogens is 206 g/mol. The quantitative estimate of drug-likeness (QED) is 0.575. The molecule has 0 atom stereocenters. The molecule has 0 aromatic carbocycles. The third-order valence-electron chi connectivity index (χ3n) is 2.73. The summed E-state index contributed by atoms with van der Waals surface area (Å²) >= 11 is 0. The second kappa shape index (κ2) is 5.15. The van der Waals surface area contributed by atoms with Gasteiger partial charge in [0.25, 0.3) is 0 Å². The number of carbonyl (C=O) groups excluding carboxylic acids is 1. The van der Waals surface area contributed by atoms with Crippen LogP contribution in [0.15, 0.2) is 0 Å². The summed E-state index contributed by atoms with van der Waals surface area (Å²) in [6, 6.07) is 0. The highest BCUT2D eigenvalue weighted by molar-refractivity contribution is 5.71. The maximum atomic E-state index is 11.4. The van der Waals surface area contributed by atoms with Gasteiger partial charge in [-0.25, -0.2) is 0 Å². The van der Waals surface area contributed by atoms with Gasteiger partial charge < -0.3 is 15.2 Å². The summed E-state index contributed by atoms with van der Waals surface area (Å²) < 4.78 is 10.5. The van der Waals surface area contributed by atoms with Crippen LogP contribution in [-0.2, 0) is 14.3 Å². The topological polar surface area (TPSA) is 61.5 Å². The van der Waals surface area contributed by atoms with E-state index in [-0.39, 0.29) is 17.1 Å². The molecule has 1 aliphatic carbocycles. The first-order valence-electron chi connectivity index (χ1n) is 5.89. The van der Waals surface area contributed by atoms with Crippen LogP contribution in [0.1, 0.15) is 46.5 Å². The number of nitrogens with two attached hydrogens (primary N) is 1. The summed E-state index contributed by atoms with van der Waals surface area (Å²) in [5, 5.41) is 0. The molecule has 0 unspecified atom stereocenters. The lowest BCUT2D eigenvalue weighted by atomic mass is 9.75. The number of hydrogen-bond donors (Lipinski definition) is 1. The molecule has 94 valence electrons. The molecule has 0 radical (unpaired) electrons. The fourth-order valence-electron chi connectivity index (χ4n) is 1.65. The van der Waals surface area contributed by atoms with Crippen LogP contribution in [0, 0.1) is 0 Å². The maximum absolute atomic E-state index is 11.4. The predicted octanol–water partition coefficient (Wildman–Crippen LogP) is 1.62. The Hall–Kier alpha value is -0.610. The van der Waals surface area contributed by atoms with E-state index in [1.54, 1.807) is 0 Å². The van der Waals surface area contributed by atoms with Crippen LogP contribution < -0.4 is 5.73 Å². The van der Waals surface area contributed by atoms with E-state index < -0.39 is 0 Å². The number of hydrogen-bond acceptors (Lipinski definition) is 4. The van der Waals surface area contributed by atoms with Crippen molar-refractivity contribution in [3.63, 3.8) is 0 Å². The Labute approximate surface area is 97.5 Å². The minimum atomic E-state index is -0.290. The Morgan fingerprint density at radius 2 is 1.94 bits per heavy atom. The number of rotatable bonds is 5. The zero-order valence-electron chi connectivity index (χ0n) is 10.5. The van der Waals surface area contributed by atoms with E-state index in [1.165, 1.54) is 0 Å². The van der Waals surface area contributed by atoms with E-state index in [0.717, 1.165) is 19.3 Å². The fourth-order valence-corrected chi connectivity index (χ4v) is 1.65. The minimum absolute atomic E-state index is 0.185. The van der Waals surface area contributed by atoms with Crippen LogP contribution in [0.3, 0.4) is 0 Å². The molecule has 1 fully saturated rings. The summed E-state index contributed by atoms with van der Waals surface area (Å²) in [5.74, 6) is -0.209. The zero-order chi connectivity index (χ0) is 12.2. The summed E-state index contributed by atoms with van der Waals surface area (Å²) in [6.07, 6.45) is 3.32. The monoisotopic (exact) mass is 229 g/mol. The first-order chi connectivity index (χ1) is 7.31. The molecule has 0 aliphatic heterocycles. The Morgan fingerprint density at radius 1 is 1.31 bits per heavy atom. The van der Waals surface area contributed by atoms with E-state index in [9.17, 15) is 4.79 Å². The van der Waals surface area contributed by atoms with Gasteiger partial charge in [0.05, 0.1) is 18.6 Å². The lowest BCUT2D eigenvalue weighted by Crippen LogP contribution is -2.48. The van der Waals surface area contributed by atoms with Crippen molar-refractivity contribution in [1.82, 2.24) is 0 Å². The molecule has 1 saturated carbocycles. The minimum Gasteiger partial charge on any atom is -0.463 e. The summed E-state index contributed by atoms with van der Waals surface area (Å²) in [7, 11) is 0. The van der Waals surface area contributed by atoms with E-state index in [1.807, 2.05) is 20.8 Å². The first kappa shape index (κ1) is 13.5. The molecule has 0 aromatic rings. The summed E-state index contributed by atoms with van der Waals surface area (Å²) in [5.41, 5.74) is 5.47. The van der Waals surface area contributed by atoms with Gasteiger partial charge in [-0.1, -0.05) is 0 Å². The van der Waals surface area contributed by atoms with Gasteiger partial charge in [0, 0.05) is 5.54 Å². The molecule has 0 bridgehead atoms. The Kier molecular flexibility index (Phi) is 4.33. The van der Waals surface area contributed by atoms with Crippen molar-refractivity contribution in [2.24, 2.45) is 5.73 Å². The highest BCUT2D eigenvalue weighted by Crippen LogP contribution is 2.32. The van der Waals surface area contributed by atoms with Crippen LogP contribution >= 0.6 is 0 Å². The van der Waals surface area contributed by atoms with Crippen LogP contribution in [0.5, 0.6) is 0 Å². The van der Waals surface area contributed by atoms with Crippen molar-refractivity contribution in [3.8, 4) is 0 Å². The fraction of sp³-hybridized carbons (Fsp3) is 0.917. The molecule has 0 aromatic heterocycles. The van der Waals surface area contributed by atoms with Crippen LogP contribution in [0.2, 0.25) is 0 Å². The summed E-state index contributed by atoms with van der Waals surface area (Å²) in [6.45, 7) is 6.66. The van der Waals surface area contributed by atoms with Gasteiger partial charge in [0.15, 0.2) is 0 Å². The highest BCUT2D eigenvalue weighted by atomic mass is 16.6.